The van der Waals surface area contributed by atoms with Crippen molar-refractivity contribution in [2.24, 2.45) is 0 Å². The summed E-state index contributed by atoms with van der Waals surface area (Å²) in [5, 5.41) is 2.65. The second-order valence-corrected chi connectivity index (χ2v) is 7.33. The van der Waals surface area contributed by atoms with Crippen molar-refractivity contribution >= 4 is 22.7 Å². The van der Waals surface area contributed by atoms with Gasteiger partial charge >= 0.3 is 5.97 Å². The van der Waals surface area contributed by atoms with Crippen molar-refractivity contribution in [3.8, 4) is 0 Å². The van der Waals surface area contributed by atoms with E-state index < -0.39 is 34.8 Å². The van der Waals surface area contributed by atoms with Crippen molar-refractivity contribution < 1.29 is 23.3 Å². The summed E-state index contributed by atoms with van der Waals surface area (Å²) in [7, 11) is 1.40. The van der Waals surface area contributed by atoms with Crippen LogP contribution in [0.5, 0.6) is 0 Å². The lowest BCUT2D eigenvalue weighted by Crippen LogP contribution is -2.44. The van der Waals surface area contributed by atoms with Gasteiger partial charge in [0.1, 0.15) is 6.04 Å². The summed E-state index contributed by atoms with van der Waals surface area (Å²) in [6, 6.07) is 17.0. The van der Waals surface area contributed by atoms with Gasteiger partial charge in [0.15, 0.2) is 6.10 Å². The molecule has 1 amide bonds. The Bertz CT molecular complexity index is 766. The molecule has 1 N–H and O–H groups in total. The molecule has 2 rings (SSSR count). The normalized spacial score (nSPS) is 14.0. The molecule has 0 unspecified atom stereocenters. The Morgan fingerprint density at radius 1 is 1.00 bits per heavy atom. The first-order valence-electron chi connectivity index (χ1n) is 8.46. The smallest absolute Gasteiger partial charge is 0.328 e. The molecule has 7 heteroatoms. The maximum atomic E-state index is 12.6. The second-order valence-electron chi connectivity index (χ2n) is 5.76. The third-order valence-corrected chi connectivity index (χ3v) is 5.38. The van der Waals surface area contributed by atoms with Crippen LogP contribution in [0.2, 0.25) is 0 Å². The van der Waals surface area contributed by atoms with Gasteiger partial charge in [0.05, 0.1) is 17.9 Å². The molecule has 0 spiro atoms. The number of benzene rings is 2. The molecule has 27 heavy (non-hydrogen) atoms. The molecule has 0 aliphatic rings. The molecule has 144 valence electrons. The molecule has 2 aromatic carbocycles. The van der Waals surface area contributed by atoms with E-state index in [1.165, 1.54) is 14.2 Å². The Labute approximate surface area is 161 Å². The number of methoxy groups -OCH3 is 2. The maximum Gasteiger partial charge on any atom is 0.328 e. The van der Waals surface area contributed by atoms with Gasteiger partial charge in [0.2, 0.25) is 0 Å². The second kappa shape index (κ2) is 10.6. The molecular weight excluding hydrogens is 366 g/mol. The van der Waals surface area contributed by atoms with Crippen molar-refractivity contribution in [1.82, 2.24) is 5.32 Å². The molecule has 0 aliphatic heterocycles. The summed E-state index contributed by atoms with van der Waals surface area (Å²) < 4.78 is 22.4. The number of carbonyl (C=O) groups excluding carboxylic acids is 2. The van der Waals surface area contributed by atoms with Gasteiger partial charge < -0.3 is 14.8 Å². The molecule has 6 nitrogen and oxygen atoms in total. The van der Waals surface area contributed by atoms with Crippen molar-refractivity contribution in [3.05, 3.63) is 66.2 Å². The van der Waals surface area contributed by atoms with Gasteiger partial charge in [-0.15, -0.1) is 0 Å². The molecule has 0 heterocycles. The highest BCUT2D eigenvalue weighted by molar-refractivity contribution is 7.85. The van der Waals surface area contributed by atoms with Crippen LogP contribution in [0.3, 0.4) is 0 Å². The fourth-order valence-corrected chi connectivity index (χ4v) is 3.72. The minimum absolute atomic E-state index is 0.186. The van der Waals surface area contributed by atoms with Crippen LogP contribution in [-0.4, -0.2) is 42.1 Å². The molecular formula is C20H23NO5S. The monoisotopic (exact) mass is 389 g/mol. The van der Waals surface area contributed by atoms with E-state index in [0.29, 0.717) is 10.5 Å². The summed E-state index contributed by atoms with van der Waals surface area (Å²) in [4.78, 5) is 25.3. The third kappa shape index (κ3) is 6.01. The predicted octanol–water partition coefficient (Wildman–Crippen LogP) is 2.23. The highest BCUT2D eigenvalue weighted by Gasteiger charge is 2.27. The summed E-state index contributed by atoms with van der Waals surface area (Å²) in [6.45, 7) is 0. The van der Waals surface area contributed by atoms with E-state index in [0.717, 1.165) is 0 Å². The van der Waals surface area contributed by atoms with Crippen LogP contribution in [0, 0.1) is 0 Å². The van der Waals surface area contributed by atoms with Crippen LogP contribution in [0.4, 0.5) is 0 Å². The first-order valence-corrected chi connectivity index (χ1v) is 9.78. The van der Waals surface area contributed by atoms with Crippen LogP contribution in [0.1, 0.15) is 18.1 Å². The minimum atomic E-state index is -1.28. The van der Waals surface area contributed by atoms with E-state index in [1.807, 2.05) is 12.1 Å². The molecule has 2 aromatic rings. The molecule has 0 saturated heterocycles. The fourth-order valence-electron chi connectivity index (χ4n) is 2.58. The quantitative estimate of drug-likeness (QED) is 0.665. The number of nitrogens with one attached hydrogen (secondary N) is 1. The van der Waals surface area contributed by atoms with Gasteiger partial charge in [-0.25, -0.2) is 4.79 Å². The summed E-state index contributed by atoms with van der Waals surface area (Å²) in [5.74, 6) is -0.825. The number of hydrogen-bond acceptors (Lipinski definition) is 5. The van der Waals surface area contributed by atoms with E-state index in [2.05, 4.69) is 5.32 Å². The highest BCUT2D eigenvalue weighted by atomic mass is 32.2. The Morgan fingerprint density at radius 3 is 2.15 bits per heavy atom. The SMILES string of the molecule is COC(=O)[C@H](CC[S@](=O)c1ccccc1)NC(=O)[C@@H](OC)c1ccccc1. The van der Waals surface area contributed by atoms with Crippen LogP contribution >= 0.6 is 0 Å². The lowest BCUT2D eigenvalue weighted by molar-refractivity contribution is -0.146. The molecule has 0 bridgehead atoms. The van der Waals surface area contributed by atoms with Crippen molar-refractivity contribution in [1.29, 1.82) is 0 Å². The Hall–Kier alpha value is -2.51. The average molecular weight is 389 g/mol. The molecule has 0 radical (unpaired) electrons. The van der Waals surface area contributed by atoms with Crippen LogP contribution < -0.4 is 5.32 Å². The van der Waals surface area contributed by atoms with Gasteiger partial charge in [-0.05, 0) is 24.1 Å². The number of rotatable bonds is 9. The van der Waals surface area contributed by atoms with Crippen molar-refractivity contribution in [3.63, 3.8) is 0 Å². The first-order chi connectivity index (χ1) is 13.1. The third-order valence-electron chi connectivity index (χ3n) is 3.98. The highest BCUT2D eigenvalue weighted by Crippen LogP contribution is 2.17. The standard InChI is InChI=1S/C20H23NO5S/c1-25-18(15-9-5-3-6-10-15)19(22)21-17(20(23)26-2)13-14-27(24)16-11-7-4-8-12-16/h3-12,17-18H,13-14H2,1-2H3,(H,21,22)/t17-,18-,27-/m0/s1. The molecule has 0 aromatic heterocycles. The summed E-state index contributed by atoms with van der Waals surface area (Å²) in [6.07, 6.45) is -0.663. The van der Waals surface area contributed by atoms with Crippen LogP contribution in [0.25, 0.3) is 0 Å². The number of carbonyl (C=O) groups is 2. The van der Waals surface area contributed by atoms with E-state index in [4.69, 9.17) is 9.47 Å². The topological polar surface area (TPSA) is 81.7 Å². The zero-order chi connectivity index (χ0) is 19.6. The van der Waals surface area contributed by atoms with Gasteiger partial charge in [0.25, 0.3) is 5.91 Å². The predicted molar refractivity (Wildman–Crippen MR) is 102 cm³/mol. The van der Waals surface area contributed by atoms with Crippen molar-refractivity contribution in [2.45, 2.75) is 23.5 Å². The lowest BCUT2D eigenvalue weighted by atomic mass is 10.1. The number of amides is 1. The minimum Gasteiger partial charge on any atom is -0.467 e. The molecule has 0 aliphatic carbocycles. The van der Waals surface area contributed by atoms with E-state index in [9.17, 15) is 13.8 Å². The fraction of sp³-hybridized carbons (Fsp3) is 0.300. The van der Waals surface area contributed by atoms with Gasteiger partial charge in [-0.1, -0.05) is 48.5 Å². The van der Waals surface area contributed by atoms with Crippen LogP contribution in [0.15, 0.2) is 65.6 Å². The summed E-state index contributed by atoms with van der Waals surface area (Å²) in [5.41, 5.74) is 0.675. The van der Waals surface area contributed by atoms with Gasteiger partial charge in [-0.2, -0.15) is 0 Å². The lowest BCUT2D eigenvalue weighted by Gasteiger charge is -2.20. The Morgan fingerprint density at radius 2 is 1.59 bits per heavy atom. The zero-order valence-electron chi connectivity index (χ0n) is 15.3. The molecule has 0 saturated carbocycles. The van der Waals surface area contributed by atoms with Crippen LogP contribution in [-0.2, 0) is 29.9 Å². The van der Waals surface area contributed by atoms with Gasteiger partial charge in [-0.3, -0.25) is 9.00 Å². The van der Waals surface area contributed by atoms with Gasteiger partial charge in [0, 0.05) is 17.8 Å². The number of esters is 1. The van der Waals surface area contributed by atoms with E-state index in [-0.39, 0.29) is 12.2 Å². The van der Waals surface area contributed by atoms with E-state index >= 15 is 0 Å². The first kappa shape index (κ1) is 20.8. The Kier molecular flexibility index (Phi) is 8.16. The van der Waals surface area contributed by atoms with Crippen molar-refractivity contribution in [2.75, 3.05) is 20.0 Å². The summed E-state index contributed by atoms with van der Waals surface area (Å²) >= 11 is 0. The maximum absolute atomic E-state index is 12.6. The largest absolute Gasteiger partial charge is 0.467 e. The Balaban J connectivity index is 2.04. The molecule has 3 atom stereocenters. The zero-order valence-corrected chi connectivity index (χ0v) is 16.1. The van der Waals surface area contributed by atoms with E-state index in [1.54, 1.807) is 48.5 Å². The number of ether oxygens (including phenoxy) is 2. The average Bonchev–Trinajstić information content (AvgIpc) is 2.72. The number of hydrogen-bond donors (Lipinski definition) is 1. The molecule has 0 fully saturated rings.